The summed E-state index contributed by atoms with van der Waals surface area (Å²) in [7, 11) is 1.92. The van der Waals surface area contributed by atoms with E-state index in [0.717, 1.165) is 11.1 Å². The molecule has 0 radical (unpaired) electrons. The molecule has 0 aliphatic carbocycles. The summed E-state index contributed by atoms with van der Waals surface area (Å²) < 4.78 is 5.03. The number of esters is 1. The molecule has 0 saturated heterocycles. The number of anilines is 2. The number of carbonyl (C=O) groups excluding carboxylic acids is 1. The molecule has 5 heteroatoms. The van der Waals surface area contributed by atoms with E-state index in [4.69, 9.17) is 4.74 Å². The van der Waals surface area contributed by atoms with Gasteiger partial charge in [0.15, 0.2) is 0 Å². The molecule has 0 N–H and O–H groups in total. The Kier molecular flexibility index (Phi) is 4.19. The Morgan fingerprint density at radius 1 is 1.04 bits per heavy atom. The molecule has 1 aromatic heterocycles. The minimum Gasteiger partial charge on any atom is -0.460 e. The van der Waals surface area contributed by atoms with Crippen LogP contribution >= 0.6 is 0 Å². The van der Waals surface area contributed by atoms with Crippen molar-refractivity contribution in [1.82, 2.24) is 9.97 Å². The summed E-state index contributed by atoms with van der Waals surface area (Å²) in [5.74, 6) is 0.231. The van der Waals surface area contributed by atoms with Gasteiger partial charge in [0, 0.05) is 18.1 Å². The van der Waals surface area contributed by atoms with Crippen LogP contribution in [0.3, 0.4) is 0 Å². The number of carbonyl (C=O) groups is 1. The van der Waals surface area contributed by atoms with Crippen molar-refractivity contribution in [2.75, 3.05) is 18.6 Å². The number of para-hydroxylation sites is 2. The normalized spacial score (nSPS) is 10.5. The van der Waals surface area contributed by atoms with E-state index < -0.39 is 5.97 Å². The maximum Gasteiger partial charge on any atom is 0.376 e. The first-order valence-corrected chi connectivity index (χ1v) is 7.43. The van der Waals surface area contributed by atoms with Crippen molar-refractivity contribution in [2.24, 2.45) is 0 Å². The molecule has 3 rings (SSSR count). The summed E-state index contributed by atoms with van der Waals surface area (Å²) >= 11 is 0. The number of rotatable bonds is 4. The van der Waals surface area contributed by atoms with Crippen LogP contribution in [0.15, 0.2) is 54.6 Å². The third-order valence-electron chi connectivity index (χ3n) is 3.50. The van der Waals surface area contributed by atoms with Gasteiger partial charge < -0.3 is 9.64 Å². The average molecular weight is 307 g/mol. The minimum atomic E-state index is -0.513. The Morgan fingerprint density at radius 3 is 2.48 bits per heavy atom. The van der Waals surface area contributed by atoms with Crippen LogP contribution in [0.25, 0.3) is 10.9 Å². The zero-order valence-electron chi connectivity index (χ0n) is 13.1. The van der Waals surface area contributed by atoms with Crippen LogP contribution < -0.4 is 4.90 Å². The standard InChI is InChI=1S/C18H17N3O2/c1-3-23-18(22)16-19-15-12-8-7-11-14(15)17(20-16)21(2)13-9-5-4-6-10-13/h4-12H,3H2,1-2H3. The molecule has 116 valence electrons. The van der Waals surface area contributed by atoms with Gasteiger partial charge in [-0.3, -0.25) is 0 Å². The smallest absolute Gasteiger partial charge is 0.376 e. The maximum absolute atomic E-state index is 12.0. The van der Waals surface area contributed by atoms with Crippen molar-refractivity contribution >= 4 is 28.4 Å². The first-order valence-electron chi connectivity index (χ1n) is 7.43. The first-order chi connectivity index (χ1) is 11.2. The van der Waals surface area contributed by atoms with Gasteiger partial charge in [-0.25, -0.2) is 14.8 Å². The monoisotopic (exact) mass is 307 g/mol. The molecule has 0 unspecified atom stereocenters. The summed E-state index contributed by atoms with van der Waals surface area (Å²) in [4.78, 5) is 22.7. The lowest BCUT2D eigenvalue weighted by Crippen LogP contribution is -2.16. The number of hydrogen-bond donors (Lipinski definition) is 0. The van der Waals surface area contributed by atoms with Gasteiger partial charge in [-0.05, 0) is 31.2 Å². The van der Waals surface area contributed by atoms with Gasteiger partial charge in [0.2, 0.25) is 5.82 Å². The van der Waals surface area contributed by atoms with Crippen molar-refractivity contribution in [1.29, 1.82) is 0 Å². The van der Waals surface area contributed by atoms with E-state index in [0.29, 0.717) is 17.9 Å². The Morgan fingerprint density at radius 2 is 1.74 bits per heavy atom. The highest BCUT2D eigenvalue weighted by Crippen LogP contribution is 2.28. The van der Waals surface area contributed by atoms with Crippen molar-refractivity contribution in [3.05, 3.63) is 60.4 Å². The molecular formula is C18H17N3O2. The summed E-state index contributed by atoms with van der Waals surface area (Å²) in [6.07, 6.45) is 0. The van der Waals surface area contributed by atoms with E-state index in [2.05, 4.69) is 9.97 Å². The number of nitrogens with zero attached hydrogens (tertiary/aromatic N) is 3. The molecule has 23 heavy (non-hydrogen) atoms. The highest BCUT2D eigenvalue weighted by Gasteiger charge is 2.17. The van der Waals surface area contributed by atoms with E-state index in [1.165, 1.54) is 0 Å². The zero-order chi connectivity index (χ0) is 16.2. The second-order valence-electron chi connectivity index (χ2n) is 5.00. The molecule has 0 spiro atoms. The van der Waals surface area contributed by atoms with Crippen molar-refractivity contribution in [2.45, 2.75) is 6.92 Å². The summed E-state index contributed by atoms with van der Waals surface area (Å²) in [6, 6.07) is 17.5. The molecule has 3 aromatic rings. The SMILES string of the molecule is CCOC(=O)c1nc(N(C)c2ccccc2)c2ccccc2n1. The van der Waals surface area contributed by atoms with Gasteiger partial charge >= 0.3 is 5.97 Å². The Balaban J connectivity index is 2.16. The lowest BCUT2D eigenvalue weighted by atomic mass is 10.2. The van der Waals surface area contributed by atoms with E-state index in [-0.39, 0.29) is 5.82 Å². The van der Waals surface area contributed by atoms with Gasteiger partial charge in [-0.1, -0.05) is 30.3 Å². The highest BCUT2D eigenvalue weighted by molar-refractivity contribution is 5.95. The molecular weight excluding hydrogens is 290 g/mol. The van der Waals surface area contributed by atoms with Crippen LogP contribution in [0.4, 0.5) is 11.5 Å². The van der Waals surface area contributed by atoms with Gasteiger partial charge in [-0.15, -0.1) is 0 Å². The predicted octanol–water partition coefficient (Wildman–Crippen LogP) is 3.57. The lowest BCUT2D eigenvalue weighted by Gasteiger charge is -2.20. The van der Waals surface area contributed by atoms with E-state index in [1.807, 2.05) is 66.5 Å². The lowest BCUT2D eigenvalue weighted by molar-refractivity contribution is 0.0512. The van der Waals surface area contributed by atoms with E-state index in [9.17, 15) is 4.79 Å². The van der Waals surface area contributed by atoms with Crippen LogP contribution in [-0.4, -0.2) is 29.6 Å². The molecule has 0 aliphatic heterocycles. The fraction of sp³-hybridized carbons (Fsp3) is 0.167. The van der Waals surface area contributed by atoms with Gasteiger partial charge in [0.1, 0.15) is 5.82 Å². The van der Waals surface area contributed by atoms with Gasteiger partial charge in [0.05, 0.1) is 12.1 Å². The summed E-state index contributed by atoms with van der Waals surface area (Å²) in [5, 5.41) is 0.881. The second kappa shape index (κ2) is 6.44. The van der Waals surface area contributed by atoms with Crippen LogP contribution in [0.1, 0.15) is 17.5 Å². The molecule has 0 fully saturated rings. The van der Waals surface area contributed by atoms with Crippen molar-refractivity contribution < 1.29 is 9.53 Å². The maximum atomic E-state index is 12.0. The first kappa shape index (κ1) is 15.0. The molecule has 0 amide bonds. The summed E-state index contributed by atoms with van der Waals surface area (Å²) in [5.41, 5.74) is 1.69. The number of fused-ring (bicyclic) bond motifs is 1. The molecule has 0 saturated carbocycles. The molecule has 1 heterocycles. The molecule has 0 atom stereocenters. The zero-order valence-corrected chi connectivity index (χ0v) is 13.1. The topological polar surface area (TPSA) is 55.3 Å². The number of ether oxygens (including phenoxy) is 1. The van der Waals surface area contributed by atoms with Crippen LogP contribution in [0, 0.1) is 0 Å². The number of aromatic nitrogens is 2. The number of benzene rings is 2. The molecule has 2 aromatic carbocycles. The average Bonchev–Trinajstić information content (AvgIpc) is 2.61. The quantitative estimate of drug-likeness (QED) is 0.690. The number of hydrogen-bond acceptors (Lipinski definition) is 5. The third kappa shape index (κ3) is 2.99. The molecule has 0 aliphatic rings. The second-order valence-corrected chi connectivity index (χ2v) is 5.00. The predicted molar refractivity (Wildman–Crippen MR) is 90.0 cm³/mol. The van der Waals surface area contributed by atoms with Gasteiger partial charge in [-0.2, -0.15) is 0 Å². The summed E-state index contributed by atoms with van der Waals surface area (Å²) in [6.45, 7) is 2.05. The fourth-order valence-electron chi connectivity index (χ4n) is 2.38. The highest BCUT2D eigenvalue weighted by atomic mass is 16.5. The Labute approximate surface area is 134 Å². The van der Waals surface area contributed by atoms with Crippen LogP contribution in [-0.2, 0) is 4.74 Å². The Hall–Kier alpha value is -2.95. The largest absolute Gasteiger partial charge is 0.460 e. The Bertz CT molecular complexity index is 834. The third-order valence-corrected chi connectivity index (χ3v) is 3.50. The molecule has 5 nitrogen and oxygen atoms in total. The van der Waals surface area contributed by atoms with Gasteiger partial charge in [0.25, 0.3) is 0 Å². The van der Waals surface area contributed by atoms with Crippen molar-refractivity contribution in [3.63, 3.8) is 0 Å². The minimum absolute atomic E-state index is 0.0725. The molecule has 0 bridgehead atoms. The van der Waals surface area contributed by atoms with E-state index >= 15 is 0 Å². The van der Waals surface area contributed by atoms with Crippen LogP contribution in [0.2, 0.25) is 0 Å². The van der Waals surface area contributed by atoms with Crippen LogP contribution in [0.5, 0.6) is 0 Å². The fourth-order valence-corrected chi connectivity index (χ4v) is 2.38. The van der Waals surface area contributed by atoms with E-state index in [1.54, 1.807) is 6.92 Å². The van der Waals surface area contributed by atoms with Crippen molar-refractivity contribution in [3.8, 4) is 0 Å².